The fourth-order valence-corrected chi connectivity index (χ4v) is 3.34. The summed E-state index contributed by atoms with van der Waals surface area (Å²) < 4.78 is 10.5. The van der Waals surface area contributed by atoms with Gasteiger partial charge in [-0.3, -0.25) is 10.1 Å². The zero-order valence-electron chi connectivity index (χ0n) is 14.2. The fraction of sp³-hybridized carbons (Fsp3) is 0.167. The van der Waals surface area contributed by atoms with Gasteiger partial charge >= 0.3 is 0 Å². The quantitative estimate of drug-likeness (QED) is 0.688. The maximum absolute atomic E-state index is 12.5. The standard InChI is InChI=1S/C18H16ClN3O3S/c1-24-14-6-4-3-5-11(14)9-16-21-22-18(26-16)20-17(23)13-10-12(19)7-8-15(13)25-2/h3-8,10H,9H2,1-2H3,(H,20,22,23). The molecule has 0 atom stereocenters. The third kappa shape index (κ3) is 4.12. The van der Waals surface area contributed by atoms with Crippen LogP contribution in [0.4, 0.5) is 5.13 Å². The van der Waals surface area contributed by atoms with Crippen molar-refractivity contribution in [2.75, 3.05) is 19.5 Å². The summed E-state index contributed by atoms with van der Waals surface area (Å²) in [5.41, 5.74) is 1.34. The van der Waals surface area contributed by atoms with E-state index in [1.165, 1.54) is 18.4 Å². The Hall–Kier alpha value is -2.64. The predicted octanol–water partition coefficient (Wildman–Crippen LogP) is 4.05. The van der Waals surface area contributed by atoms with E-state index >= 15 is 0 Å². The number of ether oxygens (including phenoxy) is 2. The number of para-hydroxylation sites is 1. The van der Waals surface area contributed by atoms with Gasteiger partial charge in [0.1, 0.15) is 16.5 Å². The van der Waals surface area contributed by atoms with E-state index in [2.05, 4.69) is 15.5 Å². The second kappa shape index (κ2) is 8.16. The Morgan fingerprint density at radius 1 is 1.12 bits per heavy atom. The van der Waals surface area contributed by atoms with Gasteiger partial charge in [0, 0.05) is 17.0 Å². The highest BCUT2D eigenvalue weighted by Crippen LogP contribution is 2.26. The molecule has 0 aliphatic rings. The van der Waals surface area contributed by atoms with Crippen LogP contribution in [-0.2, 0) is 6.42 Å². The van der Waals surface area contributed by atoms with Crippen LogP contribution in [0.2, 0.25) is 5.02 Å². The summed E-state index contributed by atoms with van der Waals surface area (Å²) in [5, 5.41) is 12.5. The van der Waals surface area contributed by atoms with Crippen LogP contribution in [0.1, 0.15) is 20.9 Å². The lowest BCUT2D eigenvalue weighted by Gasteiger charge is -2.07. The Kier molecular flexibility index (Phi) is 5.70. The maximum Gasteiger partial charge on any atom is 0.261 e. The third-order valence-corrected chi connectivity index (χ3v) is 4.70. The summed E-state index contributed by atoms with van der Waals surface area (Å²) in [4.78, 5) is 12.5. The number of rotatable bonds is 6. The molecule has 0 radical (unpaired) electrons. The summed E-state index contributed by atoms with van der Waals surface area (Å²) in [7, 11) is 3.12. The molecule has 6 nitrogen and oxygen atoms in total. The van der Waals surface area contributed by atoms with Gasteiger partial charge in [0.05, 0.1) is 19.8 Å². The summed E-state index contributed by atoms with van der Waals surface area (Å²) in [5.74, 6) is 0.868. The van der Waals surface area contributed by atoms with Crippen LogP contribution >= 0.6 is 22.9 Å². The van der Waals surface area contributed by atoms with Crippen LogP contribution in [0.5, 0.6) is 11.5 Å². The van der Waals surface area contributed by atoms with Gasteiger partial charge in [-0.2, -0.15) is 0 Å². The van der Waals surface area contributed by atoms with Gasteiger partial charge in [0.25, 0.3) is 5.91 Å². The SMILES string of the molecule is COc1ccccc1Cc1nnc(NC(=O)c2cc(Cl)ccc2OC)s1. The van der Waals surface area contributed by atoms with E-state index in [-0.39, 0.29) is 5.91 Å². The van der Waals surface area contributed by atoms with Crippen LogP contribution in [0.15, 0.2) is 42.5 Å². The highest BCUT2D eigenvalue weighted by molar-refractivity contribution is 7.15. The molecule has 0 fully saturated rings. The number of carbonyl (C=O) groups is 1. The minimum Gasteiger partial charge on any atom is -0.496 e. The van der Waals surface area contributed by atoms with Crippen molar-refractivity contribution < 1.29 is 14.3 Å². The van der Waals surface area contributed by atoms with Crippen molar-refractivity contribution in [3.05, 3.63) is 63.6 Å². The van der Waals surface area contributed by atoms with E-state index in [9.17, 15) is 4.79 Å². The molecule has 2 aromatic carbocycles. The Balaban J connectivity index is 1.74. The summed E-state index contributed by atoms with van der Waals surface area (Å²) in [6.07, 6.45) is 0.567. The lowest BCUT2D eigenvalue weighted by Crippen LogP contribution is -2.13. The monoisotopic (exact) mass is 389 g/mol. The number of methoxy groups -OCH3 is 2. The number of nitrogens with zero attached hydrogens (tertiary/aromatic N) is 2. The van der Waals surface area contributed by atoms with Gasteiger partial charge in [0.15, 0.2) is 0 Å². The van der Waals surface area contributed by atoms with Crippen LogP contribution < -0.4 is 14.8 Å². The minimum absolute atomic E-state index is 0.335. The van der Waals surface area contributed by atoms with Crippen molar-refractivity contribution >= 4 is 34.0 Å². The number of hydrogen-bond donors (Lipinski definition) is 1. The van der Waals surface area contributed by atoms with Crippen LogP contribution in [-0.4, -0.2) is 30.3 Å². The average Bonchev–Trinajstić information content (AvgIpc) is 3.09. The molecule has 0 unspecified atom stereocenters. The zero-order valence-corrected chi connectivity index (χ0v) is 15.7. The van der Waals surface area contributed by atoms with E-state index in [0.29, 0.717) is 27.9 Å². The lowest BCUT2D eigenvalue weighted by molar-refractivity contribution is 0.102. The second-order valence-electron chi connectivity index (χ2n) is 5.29. The molecule has 26 heavy (non-hydrogen) atoms. The molecular formula is C18H16ClN3O3S. The number of nitrogens with one attached hydrogen (secondary N) is 1. The molecule has 8 heteroatoms. The van der Waals surface area contributed by atoms with Gasteiger partial charge in [-0.1, -0.05) is 41.1 Å². The van der Waals surface area contributed by atoms with Crippen molar-refractivity contribution in [3.8, 4) is 11.5 Å². The summed E-state index contributed by atoms with van der Waals surface area (Å²) in [6, 6.07) is 12.6. The first-order chi connectivity index (χ1) is 12.6. The number of anilines is 1. The topological polar surface area (TPSA) is 73.3 Å². The number of benzene rings is 2. The fourth-order valence-electron chi connectivity index (χ4n) is 2.41. The molecule has 0 bridgehead atoms. The molecule has 3 rings (SSSR count). The molecule has 1 heterocycles. The maximum atomic E-state index is 12.5. The molecule has 1 N–H and O–H groups in total. The molecule has 0 spiro atoms. The molecule has 0 saturated carbocycles. The van der Waals surface area contributed by atoms with Gasteiger partial charge in [-0.05, 0) is 24.3 Å². The van der Waals surface area contributed by atoms with E-state index in [0.717, 1.165) is 16.3 Å². The average molecular weight is 390 g/mol. The lowest BCUT2D eigenvalue weighted by atomic mass is 10.1. The van der Waals surface area contributed by atoms with Crippen molar-refractivity contribution in [2.24, 2.45) is 0 Å². The highest BCUT2D eigenvalue weighted by atomic mass is 35.5. The first-order valence-electron chi connectivity index (χ1n) is 7.70. The Morgan fingerprint density at radius 2 is 1.88 bits per heavy atom. The van der Waals surface area contributed by atoms with Crippen LogP contribution in [0, 0.1) is 0 Å². The minimum atomic E-state index is -0.357. The van der Waals surface area contributed by atoms with Crippen molar-refractivity contribution in [3.63, 3.8) is 0 Å². The number of amides is 1. The Morgan fingerprint density at radius 3 is 2.65 bits per heavy atom. The smallest absolute Gasteiger partial charge is 0.261 e. The highest BCUT2D eigenvalue weighted by Gasteiger charge is 2.16. The zero-order chi connectivity index (χ0) is 18.5. The van der Waals surface area contributed by atoms with Crippen LogP contribution in [0.25, 0.3) is 0 Å². The number of carbonyl (C=O) groups excluding carboxylic acids is 1. The normalized spacial score (nSPS) is 10.4. The van der Waals surface area contributed by atoms with Gasteiger partial charge in [-0.15, -0.1) is 10.2 Å². The third-order valence-electron chi connectivity index (χ3n) is 3.63. The second-order valence-corrected chi connectivity index (χ2v) is 6.79. The number of halogens is 1. The van der Waals surface area contributed by atoms with E-state index in [1.54, 1.807) is 25.3 Å². The molecule has 1 amide bonds. The molecule has 0 saturated heterocycles. The van der Waals surface area contributed by atoms with Gasteiger partial charge in [0.2, 0.25) is 5.13 Å². The molecule has 1 aromatic heterocycles. The van der Waals surface area contributed by atoms with Gasteiger partial charge in [-0.25, -0.2) is 0 Å². The Bertz CT molecular complexity index is 930. The molecule has 0 aliphatic heterocycles. The van der Waals surface area contributed by atoms with E-state index in [4.69, 9.17) is 21.1 Å². The number of aromatic nitrogens is 2. The molecule has 0 aliphatic carbocycles. The summed E-state index contributed by atoms with van der Waals surface area (Å²) in [6.45, 7) is 0. The van der Waals surface area contributed by atoms with Crippen molar-refractivity contribution in [2.45, 2.75) is 6.42 Å². The van der Waals surface area contributed by atoms with E-state index < -0.39 is 0 Å². The van der Waals surface area contributed by atoms with E-state index in [1.807, 2.05) is 24.3 Å². The molecule has 3 aromatic rings. The van der Waals surface area contributed by atoms with Gasteiger partial charge < -0.3 is 9.47 Å². The molecule has 134 valence electrons. The molecular weight excluding hydrogens is 374 g/mol. The summed E-state index contributed by atoms with van der Waals surface area (Å²) >= 11 is 7.28. The first-order valence-corrected chi connectivity index (χ1v) is 8.89. The first kappa shape index (κ1) is 18.2. The Labute approximate surface area is 159 Å². The van der Waals surface area contributed by atoms with Crippen molar-refractivity contribution in [1.82, 2.24) is 10.2 Å². The number of hydrogen-bond acceptors (Lipinski definition) is 6. The van der Waals surface area contributed by atoms with Crippen LogP contribution in [0.3, 0.4) is 0 Å². The largest absolute Gasteiger partial charge is 0.496 e. The predicted molar refractivity (Wildman–Crippen MR) is 102 cm³/mol. The van der Waals surface area contributed by atoms with Crippen molar-refractivity contribution in [1.29, 1.82) is 0 Å².